The number of hydrogen-bond acceptors (Lipinski definition) is 4. The molecular formula is C16H27N3O. The van der Waals surface area contributed by atoms with Crippen LogP contribution in [0.1, 0.15) is 18.5 Å². The highest BCUT2D eigenvalue weighted by Crippen LogP contribution is 2.27. The van der Waals surface area contributed by atoms with Gasteiger partial charge >= 0.3 is 0 Å². The quantitative estimate of drug-likeness (QED) is 0.855. The Morgan fingerprint density at radius 2 is 2.00 bits per heavy atom. The number of benzene rings is 1. The molecular weight excluding hydrogens is 250 g/mol. The highest BCUT2D eigenvalue weighted by Gasteiger charge is 2.17. The Bertz CT molecular complexity index is 404. The van der Waals surface area contributed by atoms with Gasteiger partial charge < -0.3 is 10.1 Å². The molecule has 1 aromatic carbocycles. The third-order valence-electron chi connectivity index (χ3n) is 4.23. The van der Waals surface area contributed by atoms with E-state index in [2.05, 4.69) is 41.2 Å². The standard InChI is InChI=1S/C16H27N3O/c1-14(15-6-4-5-7-16(15)20-3)18(2)12-13-19-10-8-17-9-11-19/h4-7,14,17H,8-13H2,1-3H3. The van der Waals surface area contributed by atoms with Crippen LogP contribution in [-0.4, -0.2) is 63.2 Å². The van der Waals surface area contributed by atoms with Crippen molar-refractivity contribution in [1.82, 2.24) is 15.1 Å². The predicted molar refractivity (Wildman–Crippen MR) is 83.3 cm³/mol. The molecule has 0 bridgehead atoms. The van der Waals surface area contributed by atoms with Crippen LogP contribution in [-0.2, 0) is 0 Å². The SMILES string of the molecule is COc1ccccc1C(C)N(C)CCN1CCNCC1. The van der Waals surface area contributed by atoms with Gasteiger partial charge in [0.1, 0.15) is 5.75 Å². The van der Waals surface area contributed by atoms with E-state index in [0.29, 0.717) is 6.04 Å². The molecule has 0 spiro atoms. The lowest BCUT2D eigenvalue weighted by atomic mass is 10.1. The van der Waals surface area contributed by atoms with Crippen LogP contribution in [0.25, 0.3) is 0 Å². The molecule has 0 aromatic heterocycles. The first-order chi connectivity index (χ1) is 9.72. The van der Waals surface area contributed by atoms with Crippen molar-refractivity contribution >= 4 is 0 Å². The molecule has 1 aliphatic heterocycles. The minimum atomic E-state index is 0.370. The van der Waals surface area contributed by atoms with E-state index in [1.807, 2.05) is 12.1 Å². The Kier molecular flexibility index (Phi) is 5.83. The summed E-state index contributed by atoms with van der Waals surface area (Å²) in [6.45, 7) is 9.03. The van der Waals surface area contributed by atoms with E-state index in [1.165, 1.54) is 5.56 Å². The molecule has 2 rings (SSSR count). The van der Waals surface area contributed by atoms with Crippen molar-refractivity contribution in [3.05, 3.63) is 29.8 Å². The van der Waals surface area contributed by atoms with Crippen LogP contribution in [0.5, 0.6) is 5.75 Å². The molecule has 1 fully saturated rings. The first-order valence-corrected chi connectivity index (χ1v) is 7.48. The molecule has 1 N–H and O–H groups in total. The van der Waals surface area contributed by atoms with E-state index < -0.39 is 0 Å². The van der Waals surface area contributed by atoms with E-state index in [4.69, 9.17) is 4.74 Å². The third kappa shape index (κ3) is 3.95. The number of nitrogens with zero attached hydrogens (tertiary/aromatic N) is 2. The van der Waals surface area contributed by atoms with E-state index in [1.54, 1.807) is 7.11 Å². The lowest BCUT2D eigenvalue weighted by Crippen LogP contribution is -2.46. The fourth-order valence-electron chi connectivity index (χ4n) is 2.68. The highest BCUT2D eigenvalue weighted by atomic mass is 16.5. The molecule has 0 radical (unpaired) electrons. The van der Waals surface area contributed by atoms with Crippen LogP contribution >= 0.6 is 0 Å². The van der Waals surface area contributed by atoms with Crippen molar-refractivity contribution < 1.29 is 4.74 Å². The summed E-state index contributed by atoms with van der Waals surface area (Å²) in [6.07, 6.45) is 0. The molecule has 4 heteroatoms. The van der Waals surface area contributed by atoms with E-state index in [9.17, 15) is 0 Å². The van der Waals surface area contributed by atoms with Gasteiger partial charge in [-0.15, -0.1) is 0 Å². The monoisotopic (exact) mass is 277 g/mol. The van der Waals surface area contributed by atoms with Gasteiger partial charge in [0.25, 0.3) is 0 Å². The normalized spacial score (nSPS) is 18.2. The maximum absolute atomic E-state index is 5.47. The minimum absolute atomic E-state index is 0.370. The summed E-state index contributed by atoms with van der Waals surface area (Å²) in [5.74, 6) is 0.981. The van der Waals surface area contributed by atoms with Gasteiger partial charge in [0.2, 0.25) is 0 Å². The number of rotatable bonds is 6. The van der Waals surface area contributed by atoms with Gasteiger partial charge in [-0.05, 0) is 20.0 Å². The average Bonchev–Trinajstić information content (AvgIpc) is 2.52. The molecule has 112 valence electrons. The molecule has 1 heterocycles. The van der Waals surface area contributed by atoms with Crippen LogP contribution in [0.15, 0.2) is 24.3 Å². The molecule has 1 saturated heterocycles. The summed E-state index contributed by atoms with van der Waals surface area (Å²) in [6, 6.07) is 8.67. The van der Waals surface area contributed by atoms with Gasteiger partial charge in [-0.25, -0.2) is 0 Å². The Hall–Kier alpha value is -1.10. The maximum Gasteiger partial charge on any atom is 0.123 e. The first kappa shape index (κ1) is 15.3. The van der Waals surface area contributed by atoms with Crippen molar-refractivity contribution in [2.45, 2.75) is 13.0 Å². The Morgan fingerprint density at radius 1 is 1.30 bits per heavy atom. The van der Waals surface area contributed by atoms with Crippen LogP contribution in [0.4, 0.5) is 0 Å². The zero-order valence-corrected chi connectivity index (χ0v) is 12.9. The summed E-state index contributed by atoms with van der Waals surface area (Å²) >= 11 is 0. The largest absolute Gasteiger partial charge is 0.496 e. The van der Waals surface area contributed by atoms with Crippen molar-refractivity contribution in [3.63, 3.8) is 0 Å². The van der Waals surface area contributed by atoms with Gasteiger partial charge in [-0.3, -0.25) is 9.80 Å². The van der Waals surface area contributed by atoms with E-state index >= 15 is 0 Å². The smallest absolute Gasteiger partial charge is 0.123 e. The lowest BCUT2D eigenvalue weighted by molar-refractivity contribution is 0.181. The number of nitrogens with one attached hydrogen (secondary N) is 1. The van der Waals surface area contributed by atoms with Crippen LogP contribution < -0.4 is 10.1 Å². The Morgan fingerprint density at radius 3 is 2.70 bits per heavy atom. The molecule has 4 nitrogen and oxygen atoms in total. The molecule has 20 heavy (non-hydrogen) atoms. The first-order valence-electron chi connectivity index (χ1n) is 7.48. The number of hydrogen-bond donors (Lipinski definition) is 1. The number of para-hydroxylation sites is 1. The second-order valence-corrected chi connectivity index (χ2v) is 5.49. The molecule has 0 saturated carbocycles. The average molecular weight is 277 g/mol. The van der Waals surface area contributed by atoms with Crippen LogP contribution in [0, 0.1) is 0 Å². The zero-order chi connectivity index (χ0) is 14.4. The topological polar surface area (TPSA) is 27.7 Å². The van der Waals surface area contributed by atoms with Gasteiger partial charge in [0.15, 0.2) is 0 Å². The molecule has 0 aliphatic carbocycles. The summed E-state index contributed by atoms with van der Waals surface area (Å²) in [5, 5.41) is 3.39. The van der Waals surface area contributed by atoms with Crippen LogP contribution in [0.3, 0.4) is 0 Å². The maximum atomic E-state index is 5.47. The Balaban J connectivity index is 1.89. The van der Waals surface area contributed by atoms with Crippen LogP contribution in [0.2, 0.25) is 0 Å². The second kappa shape index (κ2) is 7.62. The van der Waals surface area contributed by atoms with Crippen molar-refractivity contribution in [1.29, 1.82) is 0 Å². The van der Waals surface area contributed by atoms with Crippen molar-refractivity contribution in [2.24, 2.45) is 0 Å². The number of likely N-dealkylation sites (N-methyl/N-ethyl adjacent to an activating group) is 1. The second-order valence-electron chi connectivity index (χ2n) is 5.49. The Labute approximate surface area is 122 Å². The van der Waals surface area contributed by atoms with Gasteiger partial charge in [0.05, 0.1) is 7.11 Å². The summed E-state index contributed by atoms with van der Waals surface area (Å²) in [4.78, 5) is 4.93. The molecule has 1 aromatic rings. The van der Waals surface area contributed by atoms with Gasteiger partial charge in [0, 0.05) is 50.9 Å². The molecule has 1 atom stereocenters. The number of ether oxygens (including phenoxy) is 1. The van der Waals surface area contributed by atoms with E-state index in [0.717, 1.165) is 45.0 Å². The van der Waals surface area contributed by atoms with Gasteiger partial charge in [-0.1, -0.05) is 18.2 Å². The summed E-state index contributed by atoms with van der Waals surface area (Å²) in [5.41, 5.74) is 1.26. The third-order valence-corrected chi connectivity index (χ3v) is 4.23. The zero-order valence-electron chi connectivity index (χ0n) is 12.9. The fourth-order valence-corrected chi connectivity index (χ4v) is 2.68. The van der Waals surface area contributed by atoms with E-state index in [-0.39, 0.29) is 0 Å². The summed E-state index contributed by atoms with van der Waals surface area (Å²) < 4.78 is 5.47. The molecule has 1 aliphatic rings. The predicted octanol–water partition coefficient (Wildman–Crippen LogP) is 1.59. The molecule has 1 unspecified atom stereocenters. The summed E-state index contributed by atoms with van der Waals surface area (Å²) in [7, 11) is 3.94. The highest BCUT2D eigenvalue weighted by molar-refractivity contribution is 5.35. The fraction of sp³-hybridized carbons (Fsp3) is 0.625. The lowest BCUT2D eigenvalue weighted by Gasteiger charge is -2.31. The van der Waals surface area contributed by atoms with Crippen molar-refractivity contribution in [2.75, 3.05) is 53.4 Å². The van der Waals surface area contributed by atoms with Crippen molar-refractivity contribution in [3.8, 4) is 5.75 Å². The minimum Gasteiger partial charge on any atom is -0.496 e. The number of piperazine rings is 1. The van der Waals surface area contributed by atoms with Gasteiger partial charge in [-0.2, -0.15) is 0 Å². The number of methoxy groups -OCH3 is 1. The molecule has 0 amide bonds.